The first-order valence-corrected chi connectivity index (χ1v) is 22.7. The minimum Gasteiger partial charge on any atom is -0.491 e. The molecular formula is C58H44O6S. The van der Waals surface area contributed by atoms with Crippen LogP contribution in [0, 0.1) is 0 Å². The van der Waals surface area contributed by atoms with Crippen molar-refractivity contribution < 1.29 is 29.2 Å². The Morgan fingerprint density at radius 3 is 0.985 bits per heavy atom. The summed E-state index contributed by atoms with van der Waals surface area (Å²) in [6, 6.07) is 63.0. The molecule has 1 aromatic heterocycles. The molecule has 1 heterocycles. The third kappa shape index (κ3) is 7.64. The lowest BCUT2D eigenvalue weighted by Gasteiger charge is -2.19. The minimum atomic E-state index is -0.0800. The van der Waals surface area contributed by atoms with Crippen LogP contribution in [0.4, 0.5) is 0 Å². The molecule has 0 amide bonds. The molecular weight excluding hydrogens is 825 g/mol. The zero-order valence-corrected chi connectivity index (χ0v) is 36.3. The third-order valence-electron chi connectivity index (χ3n) is 12.2. The Labute approximate surface area is 380 Å². The number of rotatable bonds is 14. The fourth-order valence-electron chi connectivity index (χ4n) is 9.20. The van der Waals surface area contributed by atoms with Crippen molar-refractivity contribution in [1.82, 2.24) is 0 Å². The van der Waals surface area contributed by atoms with Crippen molar-refractivity contribution in [2.45, 2.75) is 13.2 Å². The van der Waals surface area contributed by atoms with E-state index in [1.165, 1.54) is 20.2 Å². The van der Waals surface area contributed by atoms with Crippen LogP contribution in [-0.4, -0.2) is 36.6 Å². The molecule has 11 rings (SSSR count). The van der Waals surface area contributed by atoms with Crippen LogP contribution in [0.25, 0.3) is 85.5 Å². The number of fused-ring (bicyclic) bond motifs is 7. The molecule has 0 aliphatic rings. The van der Waals surface area contributed by atoms with Crippen LogP contribution < -0.4 is 18.9 Å². The van der Waals surface area contributed by atoms with Crippen molar-refractivity contribution in [3.63, 3.8) is 0 Å². The molecule has 0 unspecified atom stereocenters. The Bertz CT molecular complexity index is 3320. The summed E-state index contributed by atoms with van der Waals surface area (Å²) in [6.45, 7) is 0.980. The van der Waals surface area contributed by atoms with Crippen molar-refractivity contribution in [2.24, 2.45) is 0 Å². The number of hydrogen-bond acceptors (Lipinski definition) is 7. The summed E-state index contributed by atoms with van der Waals surface area (Å²) < 4.78 is 28.3. The molecule has 0 saturated heterocycles. The largest absolute Gasteiger partial charge is 0.491 e. The first-order valence-electron chi connectivity index (χ1n) is 21.9. The smallest absolute Gasteiger partial charge is 0.128 e. The van der Waals surface area contributed by atoms with E-state index in [0.717, 1.165) is 88.0 Å². The van der Waals surface area contributed by atoms with Gasteiger partial charge in [0.05, 0.1) is 13.2 Å². The van der Waals surface area contributed by atoms with Gasteiger partial charge < -0.3 is 29.2 Å². The summed E-state index contributed by atoms with van der Waals surface area (Å²) in [4.78, 5) is 0. The van der Waals surface area contributed by atoms with Gasteiger partial charge >= 0.3 is 0 Å². The topological polar surface area (TPSA) is 77.4 Å². The standard InChI is InChI=1S/C58H44O6S/c59-29-31-61-49-25-19-39-9-1-5-13-43(39)55(49)57-45-15-7-3-11-41(45)21-27-51(57)63-35-37-17-23-47-48-24-18-38(34-54(48)65-53(47)33-37)36-64-52-28-22-42-12-4-8-16-46(42)58(52)56-44-14-6-2-10-40(44)20-26-50(56)62-32-30-60/h1-28,33-34,59-60H,29-32,35-36H2. The summed E-state index contributed by atoms with van der Waals surface area (Å²) in [5.41, 5.74) is 5.97. The predicted molar refractivity (Wildman–Crippen MR) is 267 cm³/mol. The third-order valence-corrected chi connectivity index (χ3v) is 13.3. The summed E-state index contributed by atoms with van der Waals surface area (Å²) in [5.74, 6) is 2.93. The van der Waals surface area contributed by atoms with Gasteiger partial charge in [-0.15, -0.1) is 11.3 Å². The summed E-state index contributed by atoms with van der Waals surface area (Å²) >= 11 is 1.77. The van der Waals surface area contributed by atoms with Gasteiger partial charge in [-0.25, -0.2) is 0 Å². The zero-order valence-electron chi connectivity index (χ0n) is 35.5. The fraction of sp³-hybridized carbons (Fsp3) is 0.103. The van der Waals surface area contributed by atoms with E-state index in [0.29, 0.717) is 24.7 Å². The lowest BCUT2D eigenvalue weighted by Crippen LogP contribution is -2.04. The molecule has 0 bridgehead atoms. The number of benzene rings is 10. The average molecular weight is 869 g/mol. The maximum atomic E-state index is 9.71. The van der Waals surface area contributed by atoms with E-state index in [4.69, 9.17) is 18.9 Å². The molecule has 65 heavy (non-hydrogen) atoms. The molecule has 7 heteroatoms. The van der Waals surface area contributed by atoms with Crippen LogP contribution in [0.1, 0.15) is 11.1 Å². The number of aliphatic hydroxyl groups is 2. The Morgan fingerprint density at radius 1 is 0.323 bits per heavy atom. The SMILES string of the molecule is OCCOc1ccc2ccccc2c1-c1c(OCc2ccc3c(c2)sc2cc(COc4ccc5ccccc5c4-c4c(OCCO)ccc5ccccc45)ccc23)ccc2ccccc12. The zero-order chi connectivity index (χ0) is 43.7. The molecule has 2 N–H and O–H groups in total. The number of aliphatic hydroxyl groups excluding tert-OH is 2. The van der Waals surface area contributed by atoms with Crippen molar-refractivity contribution in [1.29, 1.82) is 0 Å². The number of hydrogen-bond donors (Lipinski definition) is 2. The second-order valence-electron chi connectivity index (χ2n) is 16.1. The molecule has 0 aliphatic heterocycles. The van der Waals surface area contributed by atoms with Crippen molar-refractivity contribution >= 4 is 74.6 Å². The molecule has 10 aromatic carbocycles. The summed E-state index contributed by atoms with van der Waals surface area (Å²) in [5, 5.41) is 30.5. The van der Waals surface area contributed by atoms with Gasteiger partial charge in [-0.3, -0.25) is 0 Å². The highest BCUT2D eigenvalue weighted by Gasteiger charge is 2.21. The Hall–Kier alpha value is -7.42. The highest BCUT2D eigenvalue weighted by Crippen LogP contribution is 2.48. The lowest BCUT2D eigenvalue weighted by atomic mass is 9.92. The molecule has 11 aromatic rings. The molecule has 0 saturated carbocycles. The van der Waals surface area contributed by atoms with E-state index >= 15 is 0 Å². The normalized spacial score (nSPS) is 11.6. The molecule has 0 radical (unpaired) electrons. The van der Waals surface area contributed by atoms with E-state index < -0.39 is 0 Å². The minimum absolute atomic E-state index is 0.0800. The Morgan fingerprint density at radius 2 is 0.646 bits per heavy atom. The van der Waals surface area contributed by atoms with Crippen LogP contribution in [0.2, 0.25) is 0 Å². The number of ether oxygens (including phenoxy) is 4. The Kier molecular flexibility index (Phi) is 10.9. The number of thiophene rings is 1. The van der Waals surface area contributed by atoms with Gasteiger partial charge in [0.25, 0.3) is 0 Å². The lowest BCUT2D eigenvalue weighted by molar-refractivity contribution is 0.202. The van der Waals surface area contributed by atoms with Crippen LogP contribution in [0.15, 0.2) is 182 Å². The molecule has 0 fully saturated rings. The van der Waals surface area contributed by atoms with Gasteiger partial charge in [0, 0.05) is 42.4 Å². The van der Waals surface area contributed by atoms with Crippen molar-refractivity contribution in [3.8, 4) is 45.3 Å². The first-order chi connectivity index (χ1) is 32.1. The predicted octanol–water partition coefficient (Wildman–Crippen LogP) is 13.9. The maximum absolute atomic E-state index is 9.71. The van der Waals surface area contributed by atoms with Gasteiger partial charge in [0.1, 0.15) is 49.4 Å². The highest BCUT2D eigenvalue weighted by atomic mass is 32.1. The summed E-state index contributed by atoms with van der Waals surface area (Å²) in [7, 11) is 0. The van der Waals surface area contributed by atoms with Crippen LogP contribution >= 0.6 is 11.3 Å². The van der Waals surface area contributed by atoms with Crippen molar-refractivity contribution in [3.05, 3.63) is 193 Å². The van der Waals surface area contributed by atoms with E-state index in [9.17, 15) is 10.2 Å². The van der Waals surface area contributed by atoms with Crippen LogP contribution in [-0.2, 0) is 13.2 Å². The fourth-order valence-corrected chi connectivity index (χ4v) is 10.4. The van der Waals surface area contributed by atoms with Crippen LogP contribution in [0.5, 0.6) is 23.0 Å². The first kappa shape index (κ1) is 40.4. The molecule has 318 valence electrons. The van der Waals surface area contributed by atoms with Gasteiger partial charge in [-0.1, -0.05) is 146 Å². The van der Waals surface area contributed by atoms with Crippen LogP contribution in [0.3, 0.4) is 0 Å². The molecule has 6 nitrogen and oxygen atoms in total. The second-order valence-corrected chi connectivity index (χ2v) is 17.2. The van der Waals surface area contributed by atoms with Gasteiger partial charge in [0.2, 0.25) is 0 Å². The van der Waals surface area contributed by atoms with Gasteiger partial charge in [0.15, 0.2) is 0 Å². The van der Waals surface area contributed by atoms with E-state index in [-0.39, 0.29) is 26.4 Å². The molecule has 0 atom stereocenters. The van der Waals surface area contributed by atoms with E-state index in [1.807, 2.05) is 36.4 Å². The van der Waals surface area contributed by atoms with Crippen molar-refractivity contribution in [2.75, 3.05) is 26.4 Å². The van der Waals surface area contributed by atoms with E-state index in [1.54, 1.807) is 11.3 Å². The molecule has 0 aliphatic carbocycles. The quantitative estimate of drug-likeness (QED) is 0.113. The van der Waals surface area contributed by atoms with Gasteiger partial charge in [-0.2, -0.15) is 0 Å². The summed E-state index contributed by atoms with van der Waals surface area (Å²) in [6.07, 6.45) is 0. The molecule has 0 spiro atoms. The highest BCUT2D eigenvalue weighted by molar-refractivity contribution is 7.25. The van der Waals surface area contributed by atoms with E-state index in [2.05, 4.69) is 146 Å². The Balaban J connectivity index is 0.906. The monoisotopic (exact) mass is 868 g/mol. The van der Waals surface area contributed by atoms with Gasteiger partial charge in [-0.05, 0) is 90.6 Å². The maximum Gasteiger partial charge on any atom is 0.128 e. The second kappa shape index (κ2) is 17.6. The average Bonchev–Trinajstić information content (AvgIpc) is 3.72.